The van der Waals surface area contributed by atoms with Crippen molar-refractivity contribution in [2.45, 2.75) is 65.5 Å². The highest BCUT2D eigenvalue weighted by molar-refractivity contribution is 5.75. The first-order valence-electron chi connectivity index (χ1n) is 6.78. The van der Waals surface area contributed by atoms with Gasteiger partial charge in [-0.05, 0) is 41.0 Å². The number of hydrogen-bond acceptors (Lipinski definition) is 4. The molecule has 0 aliphatic carbocycles. The summed E-state index contributed by atoms with van der Waals surface area (Å²) in [4.78, 5) is 11.8. The zero-order valence-corrected chi connectivity index (χ0v) is 12.7. The fourth-order valence-corrected chi connectivity index (χ4v) is 2.04. The quantitative estimate of drug-likeness (QED) is 0.582. The van der Waals surface area contributed by atoms with Crippen molar-refractivity contribution in [2.24, 2.45) is 5.41 Å². The van der Waals surface area contributed by atoms with Crippen molar-refractivity contribution in [3.8, 4) is 0 Å². The van der Waals surface area contributed by atoms with Crippen LogP contribution in [0.2, 0.25) is 0 Å². The Morgan fingerprint density at radius 3 is 2.47 bits per heavy atom. The first kappa shape index (κ1) is 16.2. The Morgan fingerprint density at radius 1 is 1.37 bits per heavy atom. The lowest BCUT2D eigenvalue weighted by atomic mass is 9.97. The first-order chi connectivity index (χ1) is 8.64. The summed E-state index contributed by atoms with van der Waals surface area (Å²) in [6, 6.07) is 0. The zero-order valence-electron chi connectivity index (χ0n) is 12.7. The van der Waals surface area contributed by atoms with Crippen LogP contribution in [0.15, 0.2) is 12.7 Å². The van der Waals surface area contributed by atoms with Crippen molar-refractivity contribution in [3.63, 3.8) is 0 Å². The van der Waals surface area contributed by atoms with Gasteiger partial charge in [0.05, 0.1) is 17.6 Å². The molecule has 0 bridgehead atoms. The fraction of sp³-hybridized carbons (Fsp3) is 0.800. The Hall–Kier alpha value is -0.870. The highest BCUT2D eigenvalue weighted by Gasteiger charge is 2.36. The third kappa shape index (κ3) is 5.33. The van der Waals surface area contributed by atoms with E-state index < -0.39 is 11.2 Å². The number of ether oxygens (including phenoxy) is 3. The molecule has 0 aromatic rings. The molecule has 0 unspecified atom stereocenters. The summed E-state index contributed by atoms with van der Waals surface area (Å²) < 4.78 is 16.9. The topological polar surface area (TPSA) is 44.8 Å². The SMILES string of the molecule is C=CC[C@H]1C[C@@H](COC(=O)C(C)(C)C)OC(C)(C)O1. The number of rotatable bonds is 4. The Balaban J connectivity index is 2.53. The van der Waals surface area contributed by atoms with Crippen LogP contribution in [-0.4, -0.2) is 30.6 Å². The second-order valence-corrected chi connectivity index (χ2v) is 6.49. The van der Waals surface area contributed by atoms with Gasteiger partial charge in [-0.3, -0.25) is 4.79 Å². The lowest BCUT2D eigenvalue weighted by Gasteiger charge is -2.40. The molecule has 1 fully saturated rings. The molecule has 1 aliphatic heterocycles. The summed E-state index contributed by atoms with van der Waals surface area (Å²) in [6.45, 7) is 13.3. The summed E-state index contributed by atoms with van der Waals surface area (Å²) >= 11 is 0. The fourth-order valence-electron chi connectivity index (χ4n) is 2.04. The Labute approximate surface area is 116 Å². The van der Waals surface area contributed by atoms with E-state index in [0.29, 0.717) is 6.42 Å². The van der Waals surface area contributed by atoms with Crippen LogP contribution in [0.4, 0.5) is 0 Å². The van der Waals surface area contributed by atoms with Gasteiger partial charge in [-0.15, -0.1) is 6.58 Å². The van der Waals surface area contributed by atoms with Crippen LogP contribution in [0.5, 0.6) is 0 Å². The third-order valence-corrected chi connectivity index (χ3v) is 2.87. The van der Waals surface area contributed by atoms with Crippen molar-refractivity contribution in [3.05, 3.63) is 12.7 Å². The lowest BCUT2D eigenvalue weighted by Crippen LogP contribution is -2.46. The number of esters is 1. The van der Waals surface area contributed by atoms with Crippen LogP contribution >= 0.6 is 0 Å². The Kier molecular flexibility index (Phi) is 5.16. The van der Waals surface area contributed by atoms with Gasteiger partial charge in [0, 0.05) is 6.42 Å². The molecule has 0 amide bonds. The molecule has 2 atom stereocenters. The second kappa shape index (κ2) is 6.06. The standard InChI is InChI=1S/C15H26O4/c1-7-8-11-9-12(19-15(5,6)18-11)10-17-13(16)14(2,3)4/h7,11-12H,1,8-10H2,2-6H3/t11-,12-/m0/s1. The molecule has 1 rings (SSSR count). The monoisotopic (exact) mass is 270 g/mol. The van der Waals surface area contributed by atoms with E-state index in [0.717, 1.165) is 6.42 Å². The molecule has 0 N–H and O–H groups in total. The molecule has 1 saturated heterocycles. The molecule has 4 heteroatoms. The Morgan fingerprint density at radius 2 is 1.95 bits per heavy atom. The van der Waals surface area contributed by atoms with E-state index >= 15 is 0 Å². The second-order valence-electron chi connectivity index (χ2n) is 6.49. The van der Waals surface area contributed by atoms with Gasteiger partial charge in [-0.2, -0.15) is 0 Å². The summed E-state index contributed by atoms with van der Waals surface area (Å²) in [5.74, 6) is -0.856. The molecule has 1 heterocycles. The smallest absolute Gasteiger partial charge is 0.311 e. The average molecular weight is 270 g/mol. The predicted octanol–water partition coefficient (Wildman–Crippen LogP) is 3.06. The molecular weight excluding hydrogens is 244 g/mol. The molecule has 0 aromatic heterocycles. The van der Waals surface area contributed by atoms with Gasteiger partial charge in [-0.25, -0.2) is 0 Å². The van der Waals surface area contributed by atoms with Gasteiger partial charge in [-0.1, -0.05) is 6.08 Å². The van der Waals surface area contributed by atoms with E-state index in [1.165, 1.54) is 0 Å². The van der Waals surface area contributed by atoms with Gasteiger partial charge in [0.1, 0.15) is 6.61 Å². The van der Waals surface area contributed by atoms with Crippen LogP contribution in [0, 0.1) is 5.41 Å². The predicted molar refractivity (Wildman–Crippen MR) is 73.7 cm³/mol. The van der Waals surface area contributed by atoms with E-state index in [1.54, 1.807) is 0 Å². The first-order valence-corrected chi connectivity index (χ1v) is 6.78. The summed E-state index contributed by atoms with van der Waals surface area (Å²) in [7, 11) is 0. The van der Waals surface area contributed by atoms with Crippen molar-refractivity contribution >= 4 is 5.97 Å². The highest BCUT2D eigenvalue weighted by Crippen LogP contribution is 2.29. The van der Waals surface area contributed by atoms with E-state index in [4.69, 9.17) is 14.2 Å². The van der Waals surface area contributed by atoms with E-state index in [-0.39, 0.29) is 24.8 Å². The van der Waals surface area contributed by atoms with Gasteiger partial charge >= 0.3 is 5.97 Å². The molecule has 110 valence electrons. The largest absolute Gasteiger partial charge is 0.463 e. The average Bonchev–Trinajstić information content (AvgIpc) is 2.22. The van der Waals surface area contributed by atoms with Gasteiger partial charge in [0.25, 0.3) is 0 Å². The van der Waals surface area contributed by atoms with Gasteiger partial charge < -0.3 is 14.2 Å². The van der Waals surface area contributed by atoms with Crippen LogP contribution in [-0.2, 0) is 19.0 Å². The van der Waals surface area contributed by atoms with Crippen molar-refractivity contribution < 1.29 is 19.0 Å². The van der Waals surface area contributed by atoms with Crippen LogP contribution in [0.1, 0.15) is 47.5 Å². The molecule has 19 heavy (non-hydrogen) atoms. The minimum atomic E-state index is -0.648. The third-order valence-electron chi connectivity index (χ3n) is 2.87. The molecule has 0 saturated carbocycles. The minimum absolute atomic E-state index is 0.0691. The highest BCUT2D eigenvalue weighted by atomic mass is 16.7. The molecule has 0 aromatic carbocycles. The van der Waals surface area contributed by atoms with Gasteiger partial charge in [0.2, 0.25) is 0 Å². The molecule has 0 spiro atoms. The van der Waals surface area contributed by atoms with E-state index in [1.807, 2.05) is 40.7 Å². The zero-order chi connectivity index (χ0) is 14.7. The van der Waals surface area contributed by atoms with Crippen LogP contribution < -0.4 is 0 Å². The summed E-state index contributed by atoms with van der Waals surface area (Å²) in [5.41, 5.74) is -0.485. The van der Waals surface area contributed by atoms with Crippen molar-refractivity contribution in [1.82, 2.24) is 0 Å². The molecule has 1 aliphatic rings. The molecular formula is C15H26O4. The maximum absolute atomic E-state index is 11.8. The number of carbonyl (C=O) groups is 1. The van der Waals surface area contributed by atoms with Crippen molar-refractivity contribution in [1.29, 1.82) is 0 Å². The normalized spacial score (nSPS) is 26.8. The number of hydrogen-bond donors (Lipinski definition) is 0. The molecule has 0 radical (unpaired) electrons. The maximum Gasteiger partial charge on any atom is 0.311 e. The van der Waals surface area contributed by atoms with E-state index in [9.17, 15) is 4.79 Å². The molecule has 4 nitrogen and oxygen atoms in total. The minimum Gasteiger partial charge on any atom is -0.463 e. The lowest BCUT2D eigenvalue weighted by molar-refractivity contribution is -0.303. The summed E-state index contributed by atoms with van der Waals surface area (Å²) in [6.07, 6.45) is 3.27. The van der Waals surface area contributed by atoms with Crippen molar-refractivity contribution in [2.75, 3.05) is 6.61 Å². The number of carbonyl (C=O) groups excluding carboxylic acids is 1. The van der Waals surface area contributed by atoms with Crippen LogP contribution in [0.25, 0.3) is 0 Å². The Bertz CT molecular complexity index is 328. The van der Waals surface area contributed by atoms with Crippen LogP contribution in [0.3, 0.4) is 0 Å². The maximum atomic E-state index is 11.8. The summed E-state index contributed by atoms with van der Waals surface area (Å²) in [5, 5.41) is 0. The van der Waals surface area contributed by atoms with E-state index in [2.05, 4.69) is 6.58 Å². The van der Waals surface area contributed by atoms with Gasteiger partial charge in [0.15, 0.2) is 5.79 Å².